The van der Waals surface area contributed by atoms with Crippen molar-refractivity contribution < 1.29 is 4.74 Å². The predicted molar refractivity (Wildman–Crippen MR) is 74.6 cm³/mol. The van der Waals surface area contributed by atoms with Crippen LogP contribution in [-0.2, 0) is 0 Å². The quantitative estimate of drug-likeness (QED) is 0.813. The van der Waals surface area contributed by atoms with Crippen molar-refractivity contribution >= 4 is 5.69 Å². The van der Waals surface area contributed by atoms with E-state index in [1.807, 2.05) is 49.4 Å². The second-order valence-corrected chi connectivity index (χ2v) is 4.35. The molecule has 0 heterocycles. The Bertz CT molecular complexity index is 552. The molecule has 18 heavy (non-hydrogen) atoms. The Hall–Kier alpha value is -2.00. The molecule has 0 radical (unpaired) electrons. The lowest BCUT2D eigenvalue weighted by atomic mass is 9.96. The van der Waals surface area contributed by atoms with Gasteiger partial charge in [-0.1, -0.05) is 30.3 Å². The SMILES string of the molecule is COc1ccccc1C(N)c1ccc(C)cc1N. The van der Waals surface area contributed by atoms with E-state index in [1.165, 1.54) is 0 Å². The van der Waals surface area contributed by atoms with Gasteiger partial charge in [0.05, 0.1) is 13.2 Å². The number of rotatable bonds is 3. The summed E-state index contributed by atoms with van der Waals surface area (Å²) in [6.07, 6.45) is 0. The number of benzene rings is 2. The van der Waals surface area contributed by atoms with Gasteiger partial charge < -0.3 is 16.2 Å². The summed E-state index contributed by atoms with van der Waals surface area (Å²) in [5.41, 5.74) is 16.0. The third kappa shape index (κ3) is 2.31. The van der Waals surface area contributed by atoms with E-state index in [0.717, 1.165) is 22.4 Å². The van der Waals surface area contributed by atoms with Crippen LogP contribution in [0.5, 0.6) is 5.75 Å². The van der Waals surface area contributed by atoms with E-state index in [0.29, 0.717) is 5.69 Å². The smallest absolute Gasteiger partial charge is 0.123 e. The second-order valence-electron chi connectivity index (χ2n) is 4.35. The number of aryl methyl sites for hydroxylation is 1. The highest BCUT2D eigenvalue weighted by Gasteiger charge is 2.15. The van der Waals surface area contributed by atoms with E-state index >= 15 is 0 Å². The van der Waals surface area contributed by atoms with Crippen molar-refractivity contribution in [2.45, 2.75) is 13.0 Å². The number of methoxy groups -OCH3 is 1. The first-order valence-electron chi connectivity index (χ1n) is 5.88. The maximum atomic E-state index is 6.28. The largest absolute Gasteiger partial charge is 0.496 e. The van der Waals surface area contributed by atoms with Crippen molar-refractivity contribution in [1.29, 1.82) is 0 Å². The molecule has 0 fully saturated rings. The van der Waals surface area contributed by atoms with Gasteiger partial charge in [-0.25, -0.2) is 0 Å². The maximum Gasteiger partial charge on any atom is 0.123 e. The Morgan fingerprint density at radius 1 is 1.06 bits per heavy atom. The zero-order chi connectivity index (χ0) is 13.1. The molecule has 94 valence electrons. The number of nitrogens with two attached hydrogens (primary N) is 2. The first-order chi connectivity index (χ1) is 8.63. The third-order valence-corrected chi connectivity index (χ3v) is 3.05. The number of nitrogen functional groups attached to an aromatic ring is 1. The zero-order valence-corrected chi connectivity index (χ0v) is 10.7. The van der Waals surface area contributed by atoms with Gasteiger partial charge in [0.2, 0.25) is 0 Å². The van der Waals surface area contributed by atoms with Crippen LogP contribution in [0, 0.1) is 6.92 Å². The lowest BCUT2D eigenvalue weighted by molar-refractivity contribution is 0.408. The number of ether oxygens (including phenoxy) is 1. The molecule has 2 aromatic carbocycles. The molecule has 1 atom stereocenters. The average Bonchev–Trinajstić information content (AvgIpc) is 2.38. The van der Waals surface area contributed by atoms with Crippen LogP contribution in [0.15, 0.2) is 42.5 Å². The van der Waals surface area contributed by atoms with E-state index in [9.17, 15) is 0 Å². The van der Waals surface area contributed by atoms with Gasteiger partial charge >= 0.3 is 0 Å². The summed E-state index contributed by atoms with van der Waals surface area (Å²) in [5.74, 6) is 0.782. The van der Waals surface area contributed by atoms with Crippen LogP contribution in [0.1, 0.15) is 22.7 Å². The topological polar surface area (TPSA) is 61.3 Å². The highest BCUT2D eigenvalue weighted by atomic mass is 16.5. The minimum absolute atomic E-state index is 0.276. The van der Waals surface area contributed by atoms with Gasteiger partial charge in [0.1, 0.15) is 5.75 Å². The molecular weight excluding hydrogens is 224 g/mol. The molecule has 0 saturated heterocycles. The van der Waals surface area contributed by atoms with Crippen LogP contribution in [0.4, 0.5) is 5.69 Å². The summed E-state index contributed by atoms with van der Waals surface area (Å²) < 4.78 is 5.33. The van der Waals surface area contributed by atoms with Gasteiger partial charge in [-0.05, 0) is 30.2 Å². The molecule has 0 aliphatic rings. The van der Waals surface area contributed by atoms with Crippen LogP contribution >= 0.6 is 0 Å². The molecule has 0 aliphatic carbocycles. The van der Waals surface area contributed by atoms with E-state index < -0.39 is 0 Å². The molecule has 0 aromatic heterocycles. The number of anilines is 1. The Balaban J connectivity index is 2.44. The standard InChI is InChI=1S/C15H18N2O/c1-10-7-8-11(13(16)9-10)15(17)12-5-3-4-6-14(12)18-2/h3-9,15H,16-17H2,1-2H3. The predicted octanol–water partition coefficient (Wildman–Crippen LogP) is 2.63. The monoisotopic (exact) mass is 242 g/mol. The second kappa shape index (κ2) is 5.10. The van der Waals surface area contributed by atoms with Crippen LogP contribution < -0.4 is 16.2 Å². The molecule has 0 spiro atoms. The fraction of sp³-hybridized carbons (Fsp3) is 0.200. The Kier molecular flexibility index (Phi) is 3.53. The van der Waals surface area contributed by atoms with Gasteiger partial charge in [0.25, 0.3) is 0 Å². The van der Waals surface area contributed by atoms with E-state index in [1.54, 1.807) is 7.11 Å². The van der Waals surface area contributed by atoms with Crippen molar-refractivity contribution in [2.75, 3.05) is 12.8 Å². The summed E-state index contributed by atoms with van der Waals surface area (Å²) in [6, 6.07) is 13.4. The van der Waals surface area contributed by atoms with Gasteiger partial charge in [0, 0.05) is 11.3 Å². The molecule has 3 heteroatoms. The Morgan fingerprint density at radius 3 is 2.44 bits per heavy atom. The first kappa shape index (κ1) is 12.5. The van der Waals surface area contributed by atoms with Crippen molar-refractivity contribution in [3.05, 3.63) is 59.2 Å². The van der Waals surface area contributed by atoms with Crippen molar-refractivity contribution in [1.82, 2.24) is 0 Å². The maximum absolute atomic E-state index is 6.28. The van der Waals surface area contributed by atoms with Crippen molar-refractivity contribution in [3.8, 4) is 5.75 Å². The molecule has 4 N–H and O–H groups in total. The summed E-state index contributed by atoms with van der Waals surface area (Å²) in [7, 11) is 1.64. The number of hydrogen-bond acceptors (Lipinski definition) is 3. The average molecular weight is 242 g/mol. The minimum Gasteiger partial charge on any atom is -0.496 e. The highest BCUT2D eigenvalue weighted by molar-refractivity contribution is 5.54. The fourth-order valence-corrected chi connectivity index (χ4v) is 2.07. The minimum atomic E-state index is -0.276. The summed E-state index contributed by atoms with van der Waals surface area (Å²) in [5, 5.41) is 0. The molecule has 2 rings (SSSR count). The van der Waals surface area contributed by atoms with Crippen LogP contribution in [0.25, 0.3) is 0 Å². The Labute approximate surface area is 107 Å². The number of hydrogen-bond donors (Lipinski definition) is 2. The molecule has 1 unspecified atom stereocenters. The van der Waals surface area contributed by atoms with Gasteiger partial charge in [-0.15, -0.1) is 0 Å². The molecule has 0 saturated carbocycles. The summed E-state index contributed by atoms with van der Waals surface area (Å²) in [4.78, 5) is 0. The lowest BCUT2D eigenvalue weighted by Gasteiger charge is -2.18. The van der Waals surface area contributed by atoms with E-state index in [2.05, 4.69) is 0 Å². The molecular formula is C15H18N2O. The van der Waals surface area contributed by atoms with E-state index in [4.69, 9.17) is 16.2 Å². The van der Waals surface area contributed by atoms with Crippen LogP contribution in [0.2, 0.25) is 0 Å². The zero-order valence-electron chi connectivity index (χ0n) is 10.7. The van der Waals surface area contributed by atoms with Gasteiger partial charge in [-0.3, -0.25) is 0 Å². The van der Waals surface area contributed by atoms with Crippen molar-refractivity contribution in [3.63, 3.8) is 0 Å². The normalized spacial score (nSPS) is 12.2. The van der Waals surface area contributed by atoms with Gasteiger partial charge in [0.15, 0.2) is 0 Å². The van der Waals surface area contributed by atoms with Crippen molar-refractivity contribution in [2.24, 2.45) is 5.73 Å². The molecule has 0 aliphatic heterocycles. The third-order valence-electron chi connectivity index (χ3n) is 3.05. The summed E-state index contributed by atoms with van der Waals surface area (Å²) >= 11 is 0. The summed E-state index contributed by atoms with van der Waals surface area (Å²) in [6.45, 7) is 2.01. The van der Waals surface area contributed by atoms with E-state index in [-0.39, 0.29) is 6.04 Å². The van der Waals surface area contributed by atoms with Crippen LogP contribution in [0.3, 0.4) is 0 Å². The van der Waals surface area contributed by atoms with Crippen LogP contribution in [-0.4, -0.2) is 7.11 Å². The molecule has 0 amide bonds. The van der Waals surface area contributed by atoms with Gasteiger partial charge in [-0.2, -0.15) is 0 Å². The number of para-hydroxylation sites is 1. The first-order valence-corrected chi connectivity index (χ1v) is 5.88. The molecule has 3 nitrogen and oxygen atoms in total. The highest BCUT2D eigenvalue weighted by Crippen LogP contribution is 2.31. The fourth-order valence-electron chi connectivity index (χ4n) is 2.07. The molecule has 2 aromatic rings. The molecule has 0 bridgehead atoms. The Morgan fingerprint density at radius 2 is 1.78 bits per heavy atom. The lowest BCUT2D eigenvalue weighted by Crippen LogP contribution is -2.15.